The molecule has 27 heavy (non-hydrogen) atoms. The van der Waals surface area contributed by atoms with Crippen molar-refractivity contribution in [2.75, 3.05) is 26.3 Å². The molecule has 0 aromatic carbocycles. The molecule has 1 aromatic rings. The smallest absolute Gasteiger partial charge is 0.227 e. The Morgan fingerprint density at radius 3 is 2.67 bits per heavy atom. The number of ether oxygens (including phenoxy) is 2. The summed E-state index contributed by atoms with van der Waals surface area (Å²) >= 11 is 0. The van der Waals surface area contributed by atoms with Crippen LogP contribution in [0.4, 0.5) is 0 Å². The van der Waals surface area contributed by atoms with Gasteiger partial charge in [0, 0.05) is 44.6 Å². The number of nitrogens with zero attached hydrogens (tertiary/aromatic N) is 2. The first kappa shape index (κ1) is 18.4. The van der Waals surface area contributed by atoms with Crippen molar-refractivity contribution in [3.63, 3.8) is 0 Å². The number of likely N-dealkylation sites (tertiary alicyclic amines) is 1. The van der Waals surface area contributed by atoms with Crippen molar-refractivity contribution >= 4 is 11.8 Å². The average Bonchev–Trinajstić information content (AvgIpc) is 2.69. The lowest BCUT2D eigenvalue weighted by molar-refractivity contribution is -0.181. The summed E-state index contributed by atoms with van der Waals surface area (Å²) in [5, 5.41) is 3.04. The highest BCUT2D eigenvalue weighted by Gasteiger charge is 2.46. The van der Waals surface area contributed by atoms with Crippen LogP contribution in [0.2, 0.25) is 0 Å². The summed E-state index contributed by atoms with van der Waals surface area (Å²) < 4.78 is 11.4. The highest BCUT2D eigenvalue weighted by atomic mass is 16.5. The monoisotopic (exact) mass is 373 g/mol. The van der Waals surface area contributed by atoms with Gasteiger partial charge in [-0.05, 0) is 43.4 Å². The first-order valence-corrected chi connectivity index (χ1v) is 9.90. The summed E-state index contributed by atoms with van der Waals surface area (Å²) in [7, 11) is 0. The van der Waals surface area contributed by atoms with Crippen LogP contribution >= 0.6 is 0 Å². The maximum Gasteiger partial charge on any atom is 0.227 e. The van der Waals surface area contributed by atoms with Gasteiger partial charge in [0.25, 0.3) is 0 Å². The summed E-state index contributed by atoms with van der Waals surface area (Å²) in [6.07, 6.45) is 7.40. The third-order valence-corrected chi connectivity index (χ3v) is 5.88. The third kappa shape index (κ3) is 4.30. The third-order valence-electron chi connectivity index (χ3n) is 5.88. The van der Waals surface area contributed by atoms with E-state index in [2.05, 4.69) is 10.3 Å². The van der Waals surface area contributed by atoms with E-state index < -0.39 is 0 Å². The van der Waals surface area contributed by atoms with Gasteiger partial charge in [0.1, 0.15) is 0 Å². The van der Waals surface area contributed by atoms with E-state index >= 15 is 0 Å². The zero-order valence-corrected chi connectivity index (χ0v) is 15.5. The molecule has 1 aromatic heterocycles. The Morgan fingerprint density at radius 1 is 1.15 bits per heavy atom. The molecule has 0 saturated carbocycles. The van der Waals surface area contributed by atoms with Crippen molar-refractivity contribution in [3.05, 3.63) is 30.1 Å². The van der Waals surface area contributed by atoms with Gasteiger partial charge in [0.2, 0.25) is 11.8 Å². The second kappa shape index (κ2) is 8.35. The SMILES string of the molecule is O=C(NC[C@H]1CC[C@H]2[C@H](CN2C(=O)Cc2ccncc2)O1)C1CCOCC1. The molecule has 7 nitrogen and oxygen atoms in total. The number of hydrogen-bond donors (Lipinski definition) is 1. The molecule has 4 rings (SSSR count). The Hall–Kier alpha value is -1.99. The molecule has 4 heterocycles. The average molecular weight is 373 g/mol. The second-order valence-electron chi connectivity index (χ2n) is 7.65. The number of hydrogen-bond acceptors (Lipinski definition) is 5. The topological polar surface area (TPSA) is 80.8 Å². The Labute approximate surface area is 159 Å². The molecule has 7 heteroatoms. The number of pyridine rings is 1. The zero-order valence-electron chi connectivity index (χ0n) is 15.5. The maximum absolute atomic E-state index is 12.5. The van der Waals surface area contributed by atoms with Crippen molar-refractivity contribution in [1.82, 2.24) is 15.2 Å². The molecule has 146 valence electrons. The molecule has 3 aliphatic heterocycles. The quantitative estimate of drug-likeness (QED) is 0.830. The van der Waals surface area contributed by atoms with Crippen LogP contribution in [-0.2, 0) is 25.5 Å². The van der Waals surface area contributed by atoms with Crippen molar-refractivity contribution in [2.45, 2.75) is 50.4 Å². The van der Waals surface area contributed by atoms with Gasteiger partial charge in [-0.25, -0.2) is 0 Å². The first-order valence-electron chi connectivity index (χ1n) is 9.90. The fraction of sp³-hybridized carbons (Fsp3) is 0.650. The molecule has 3 aliphatic rings. The molecule has 0 radical (unpaired) electrons. The predicted octanol–water partition coefficient (Wildman–Crippen LogP) is 0.925. The molecule has 3 saturated heterocycles. The number of rotatable bonds is 5. The van der Waals surface area contributed by atoms with Gasteiger partial charge in [-0.15, -0.1) is 0 Å². The fourth-order valence-electron chi connectivity index (χ4n) is 4.19. The number of amides is 2. The minimum absolute atomic E-state index is 0.0486. The fourth-order valence-corrected chi connectivity index (χ4v) is 4.19. The summed E-state index contributed by atoms with van der Waals surface area (Å²) in [5.41, 5.74) is 0.990. The van der Waals surface area contributed by atoms with Gasteiger partial charge < -0.3 is 19.7 Å². The van der Waals surface area contributed by atoms with Gasteiger partial charge >= 0.3 is 0 Å². The van der Waals surface area contributed by atoms with E-state index in [0.29, 0.717) is 32.7 Å². The van der Waals surface area contributed by atoms with Crippen LogP contribution < -0.4 is 5.32 Å². The molecule has 3 atom stereocenters. The van der Waals surface area contributed by atoms with Crippen LogP contribution in [0.3, 0.4) is 0 Å². The van der Waals surface area contributed by atoms with E-state index in [0.717, 1.165) is 31.2 Å². The van der Waals surface area contributed by atoms with Gasteiger partial charge in [0.15, 0.2) is 0 Å². The largest absolute Gasteiger partial charge is 0.381 e. The normalized spacial score (nSPS) is 28.1. The van der Waals surface area contributed by atoms with Gasteiger partial charge in [-0.2, -0.15) is 0 Å². The molecular formula is C20H27N3O4. The number of nitrogens with one attached hydrogen (secondary N) is 1. The van der Waals surface area contributed by atoms with Crippen molar-refractivity contribution < 1.29 is 19.1 Å². The van der Waals surface area contributed by atoms with Crippen LogP contribution in [0.15, 0.2) is 24.5 Å². The Bertz CT molecular complexity index is 662. The van der Waals surface area contributed by atoms with Crippen LogP contribution in [0, 0.1) is 5.92 Å². The van der Waals surface area contributed by atoms with Crippen LogP contribution in [0.1, 0.15) is 31.2 Å². The van der Waals surface area contributed by atoms with Crippen molar-refractivity contribution in [2.24, 2.45) is 5.92 Å². The lowest BCUT2D eigenvalue weighted by atomic mass is 9.89. The van der Waals surface area contributed by atoms with E-state index in [9.17, 15) is 9.59 Å². The summed E-state index contributed by atoms with van der Waals surface area (Å²) in [6, 6.07) is 3.94. The first-order chi connectivity index (χ1) is 13.2. The van der Waals surface area contributed by atoms with E-state index in [1.54, 1.807) is 12.4 Å². The van der Waals surface area contributed by atoms with Crippen LogP contribution in [-0.4, -0.2) is 66.3 Å². The van der Waals surface area contributed by atoms with Crippen LogP contribution in [0.25, 0.3) is 0 Å². The molecule has 3 fully saturated rings. The number of carbonyl (C=O) groups is 2. The predicted molar refractivity (Wildman–Crippen MR) is 97.9 cm³/mol. The van der Waals surface area contributed by atoms with Crippen molar-refractivity contribution in [3.8, 4) is 0 Å². The summed E-state index contributed by atoms with van der Waals surface area (Å²) in [6.45, 7) is 2.56. The highest BCUT2D eigenvalue weighted by Crippen LogP contribution is 2.32. The van der Waals surface area contributed by atoms with Gasteiger partial charge in [-0.1, -0.05) is 0 Å². The Balaban J connectivity index is 1.20. The van der Waals surface area contributed by atoms with Crippen molar-refractivity contribution in [1.29, 1.82) is 0 Å². The lowest BCUT2D eigenvalue weighted by Crippen LogP contribution is -2.66. The number of aromatic nitrogens is 1. The molecule has 0 spiro atoms. The summed E-state index contributed by atoms with van der Waals surface area (Å²) in [4.78, 5) is 30.7. The van der Waals surface area contributed by atoms with E-state index in [1.807, 2.05) is 17.0 Å². The molecule has 1 N–H and O–H groups in total. The van der Waals surface area contributed by atoms with Gasteiger partial charge in [-0.3, -0.25) is 14.6 Å². The van der Waals surface area contributed by atoms with Gasteiger partial charge in [0.05, 0.1) is 24.7 Å². The molecule has 0 aliphatic carbocycles. The van der Waals surface area contributed by atoms with E-state index in [-0.39, 0.29) is 36.0 Å². The molecule has 0 bridgehead atoms. The Kier molecular flexibility index (Phi) is 5.69. The van der Waals surface area contributed by atoms with Crippen LogP contribution in [0.5, 0.6) is 0 Å². The minimum Gasteiger partial charge on any atom is -0.381 e. The minimum atomic E-state index is 0.0486. The standard InChI is InChI=1S/C20H27N3O4/c24-19(11-14-3-7-21-8-4-14)23-13-18-17(23)2-1-16(27-18)12-22-20(25)15-5-9-26-10-6-15/h3-4,7-8,15-18H,1-2,5-6,9-13H2,(H,22,25)/t16-,17+,18+/m1/s1. The maximum atomic E-state index is 12.5. The Morgan fingerprint density at radius 2 is 1.93 bits per heavy atom. The molecule has 0 unspecified atom stereocenters. The van der Waals surface area contributed by atoms with E-state index in [1.165, 1.54) is 0 Å². The summed E-state index contributed by atoms with van der Waals surface area (Å²) in [5.74, 6) is 0.337. The van der Waals surface area contributed by atoms with E-state index in [4.69, 9.17) is 9.47 Å². The molecular weight excluding hydrogens is 346 g/mol. The highest BCUT2D eigenvalue weighted by molar-refractivity contribution is 5.80. The second-order valence-corrected chi connectivity index (χ2v) is 7.65. The number of carbonyl (C=O) groups excluding carboxylic acids is 2. The number of fused-ring (bicyclic) bond motifs is 1. The molecule has 2 amide bonds. The lowest BCUT2D eigenvalue weighted by Gasteiger charge is -2.52. The zero-order chi connectivity index (χ0) is 18.6.